The van der Waals surface area contributed by atoms with Gasteiger partial charge < -0.3 is 4.74 Å². The highest BCUT2D eigenvalue weighted by molar-refractivity contribution is 6.29. The van der Waals surface area contributed by atoms with E-state index < -0.39 is 0 Å². The third kappa shape index (κ3) is 2.36. The minimum Gasteiger partial charge on any atom is -0.456 e. The summed E-state index contributed by atoms with van der Waals surface area (Å²) in [6, 6.07) is 25.8. The summed E-state index contributed by atoms with van der Waals surface area (Å²) in [7, 11) is 0. The van der Waals surface area contributed by atoms with Gasteiger partial charge in [-0.15, -0.1) is 0 Å². The van der Waals surface area contributed by atoms with E-state index in [9.17, 15) is 9.59 Å². The van der Waals surface area contributed by atoms with Crippen LogP contribution in [0.2, 0.25) is 0 Å². The Kier molecular flexibility index (Phi) is 3.41. The van der Waals surface area contributed by atoms with Gasteiger partial charge in [0.15, 0.2) is 11.6 Å². The lowest BCUT2D eigenvalue weighted by Gasteiger charge is -2.20. The van der Waals surface area contributed by atoms with Gasteiger partial charge in [-0.2, -0.15) is 0 Å². The first-order valence-corrected chi connectivity index (χ1v) is 8.71. The molecule has 4 aromatic rings. The van der Waals surface area contributed by atoms with Crippen molar-refractivity contribution in [2.24, 2.45) is 0 Å². The van der Waals surface area contributed by atoms with Crippen LogP contribution in [0.3, 0.4) is 0 Å². The Morgan fingerprint density at radius 1 is 0.519 bits per heavy atom. The molecule has 5 rings (SSSR count). The van der Waals surface area contributed by atoms with Crippen LogP contribution in [0.25, 0.3) is 10.8 Å². The Balaban J connectivity index is 1.68. The highest BCUT2D eigenvalue weighted by Gasteiger charge is 2.32. The lowest BCUT2D eigenvalue weighted by molar-refractivity contribution is 0.0977. The Bertz CT molecular complexity index is 1230. The van der Waals surface area contributed by atoms with E-state index in [0.29, 0.717) is 33.8 Å². The summed E-state index contributed by atoms with van der Waals surface area (Å²) in [6.07, 6.45) is 0. The lowest BCUT2D eigenvalue weighted by atomic mass is 9.83. The summed E-state index contributed by atoms with van der Waals surface area (Å²) in [5, 5.41) is 2.00. The summed E-state index contributed by atoms with van der Waals surface area (Å²) in [5.41, 5.74) is 1.58. The topological polar surface area (TPSA) is 43.4 Å². The Morgan fingerprint density at radius 3 is 1.96 bits per heavy atom. The van der Waals surface area contributed by atoms with Gasteiger partial charge in [0.1, 0.15) is 11.5 Å². The highest BCUT2D eigenvalue weighted by atomic mass is 16.5. The number of hydrogen-bond donors (Lipinski definition) is 0. The maximum Gasteiger partial charge on any atom is 0.198 e. The molecule has 0 spiro atoms. The molecule has 4 aromatic carbocycles. The van der Waals surface area contributed by atoms with Gasteiger partial charge in [-0.05, 0) is 17.5 Å². The number of carbonyl (C=O) groups is 2. The van der Waals surface area contributed by atoms with Crippen molar-refractivity contribution in [2.45, 2.75) is 0 Å². The van der Waals surface area contributed by atoms with Gasteiger partial charge in [-0.25, -0.2) is 0 Å². The smallest absolute Gasteiger partial charge is 0.198 e. The second-order valence-electron chi connectivity index (χ2n) is 6.46. The summed E-state index contributed by atoms with van der Waals surface area (Å²) in [4.78, 5) is 26.0. The number of fused-ring (bicyclic) bond motifs is 3. The molecule has 0 aliphatic heterocycles. The molecule has 0 saturated heterocycles. The Hall–Kier alpha value is -3.72. The lowest BCUT2D eigenvalue weighted by Crippen LogP contribution is -2.21. The van der Waals surface area contributed by atoms with E-state index in [1.165, 1.54) is 0 Å². The SMILES string of the molecule is O=C1c2ccccc2C(=O)c2c(Oc3cccc4ccccc34)cccc21. The van der Waals surface area contributed by atoms with Crippen molar-refractivity contribution in [3.05, 3.63) is 107 Å². The quantitative estimate of drug-likeness (QED) is 0.428. The van der Waals surface area contributed by atoms with Crippen molar-refractivity contribution >= 4 is 22.3 Å². The maximum absolute atomic E-state index is 13.1. The van der Waals surface area contributed by atoms with Crippen LogP contribution in [0.5, 0.6) is 11.5 Å². The predicted octanol–water partition coefficient (Wildman–Crippen LogP) is 5.41. The van der Waals surface area contributed by atoms with Crippen molar-refractivity contribution in [1.29, 1.82) is 0 Å². The number of hydrogen-bond acceptors (Lipinski definition) is 3. The first-order valence-electron chi connectivity index (χ1n) is 8.71. The fourth-order valence-electron chi connectivity index (χ4n) is 3.60. The van der Waals surface area contributed by atoms with Crippen molar-refractivity contribution in [2.75, 3.05) is 0 Å². The molecule has 0 unspecified atom stereocenters. The van der Waals surface area contributed by atoms with E-state index in [2.05, 4.69) is 0 Å². The molecule has 0 saturated carbocycles. The minimum absolute atomic E-state index is 0.149. The van der Waals surface area contributed by atoms with Gasteiger partial charge in [0.05, 0.1) is 5.56 Å². The summed E-state index contributed by atoms with van der Waals surface area (Å²) in [5.74, 6) is 0.719. The van der Waals surface area contributed by atoms with Crippen molar-refractivity contribution < 1.29 is 14.3 Å². The molecule has 0 amide bonds. The van der Waals surface area contributed by atoms with Crippen LogP contribution in [0, 0.1) is 0 Å². The van der Waals surface area contributed by atoms with E-state index in [1.54, 1.807) is 42.5 Å². The molecule has 27 heavy (non-hydrogen) atoms. The molecule has 0 heterocycles. The number of carbonyl (C=O) groups excluding carboxylic acids is 2. The first kappa shape index (κ1) is 15.5. The molecule has 0 bridgehead atoms. The largest absolute Gasteiger partial charge is 0.456 e. The zero-order valence-electron chi connectivity index (χ0n) is 14.3. The second-order valence-corrected chi connectivity index (χ2v) is 6.46. The van der Waals surface area contributed by atoms with E-state index in [0.717, 1.165) is 10.8 Å². The van der Waals surface area contributed by atoms with Crippen molar-refractivity contribution in [3.8, 4) is 11.5 Å². The summed E-state index contributed by atoms with van der Waals surface area (Å²) >= 11 is 0. The Labute approximate surface area is 155 Å². The molecular formula is C24H14O3. The van der Waals surface area contributed by atoms with E-state index in [-0.39, 0.29) is 11.6 Å². The summed E-state index contributed by atoms with van der Waals surface area (Å²) in [6.45, 7) is 0. The highest BCUT2D eigenvalue weighted by Crippen LogP contribution is 2.37. The number of rotatable bonds is 2. The average Bonchev–Trinajstić information content (AvgIpc) is 2.72. The molecule has 0 atom stereocenters. The standard InChI is InChI=1S/C24H14O3/c25-23-17-10-3-4-11-18(17)24(26)22-19(23)12-6-14-21(22)27-20-13-5-8-15-7-1-2-9-16(15)20/h1-14H. The molecule has 1 aliphatic carbocycles. The number of ketones is 2. The molecular weight excluding hydrogens is 336 g/mol. The molecule has 3 heteroatoms. The van der Waals surface area contributed by atoms with Crippen LogP contribution >= 0.6 is 0 Å². The fraction of sp³-hybridized carbons (Fsp3) is 0. The normalized spacial score (nSPS) is 12.6. The van der Waals surface area contributed by atoms with Crippen LogP contribution < -0.4 is 4.74 Å². The number of ether oxygens (including phenoxy) is 1. The molecule has 3 nitrogen and oxygen atoms in total. The fourth-order valence-corrected chi connectivity index (χ4v) is 3.60. The third-order valence-electron chi connectivity index (χ3n) is 4.88. The molecule has 0 radical (unpaired) electrons. The zero-order valence-corrected chi connectivity index (χ0v) is 14.3. The van der Waals surface area contributed by atoms with Gasteiger partial charge in [0.2, 0.25) is 0 Å². The third-order valence-corrected chi connectivity index (χ3v) is 4.88. The van der Waals surface area contributed by atoms with E-state index in [1.807, 2.05) is 42.5 Å². The zero-order chi connectivity index (χ0) is 18.4. The first-order chi connectivity index (χ1) is 13.2. The molecule has 0 fully saturated rings. The van der Waals surface area contributed by atoms with Crippen LogP contribution in [-0.4, -0.2) is 11.6 Å². The number of benzene rings is 4. The van der Waals surface area contributed by atoms with Crippen LogP contribution in [0.1, 0.15) is 31.8 Å². The van der Waals surface area contributed by atoms with Crippen molar-refractivity contribution in [1.82, 2.24) is 0 Å². The molecule has 128 valence electrons. The summed E-state index contributed by atoms with van der Waals surface area (Å²) < 4.78 is 6.15. The van der Waals surface area contributed by atoms with E-state index in [4.69, 9.17) is 4.74 Å². The second kappa shape index (κ2) is 5.92. The van der Waals surface area contributed by atoms with Crippen LogP contribution in [0.15, 0.2) is 84.9 Å². The van der Waals surface area contributed by atoms with Gasteiger partial charge in [0.25, 0.3) is 0 Å². The van der Waals surface area contributed by atoms with Crippen molar-refractivity contribution in [3.63, 3.8) is 0 Å². The predicted molar refractivity (Wildman–Crippen MR) is 104 cm³/mol. The average molecular weight is 350 g/mol. The maximum atomic E-state index is 13.1. The minimum atomic E-state index is -0.184. The van der Waals surface area contributed by atoms with E-state index >= 15 is 0 Å². The van der Waals surface area contributed by atoms with Gasteiger partial charge >= 0.3 is 0 Å². The van der Waals surface area contributed by atoms with Crippen LogP contribution in [0.4, 0.5) is 0 Å². The monoisotopic (exact) mass is 350 g/mol. The molecule has 1 aliphatic rings. The molecule has 0 N–H and O–H groups in total. The molecule has 0 aromatic heterocycles. The van der Waals surface area contributed by atoms with Gasteiger partial charge in [0, 0.05) is 22.1 Å². The van der Waals surface area contributed by atoms with Crippen LogP contribution in [-0.2, 0) is 0 Å². The van der Waals surface area contributed by atoms with Gasteiger partial charge in [-0.1, -0.05) is 72.8 Å². The Morgan fingerprint density at radius 2 is 1.11 bits per heavy atom. The van der Waals surface area contributed by atoms with Gasteiger partial charge in [-0.3, -0.25) is 9.59 Å².